The Hall–Kier alpha value is -2.43. The van der Waals surface area contributed by atoms with Gasteiger partial charge < -0.3 is 9.84 Å². The second-order valence-electron chi connectivity index (χ2n) is 6.12. The molecule has 0 aliphatic carbocycles. The Balaban J connectivity index is 3.13. The van der Waals surface area contributed by atoms with Crippen molar-refractivity contribution < 1.29 is 24.2 Å². The van der Waals surface area contributed by atoms with Crippen LogP contribution < -0.4 is 0 Å². The van der Waals surface area contributed by atoms with Crippen LogP contribution in [0.15, 0.2) is 29.8 Å². The fourth-order valence-electron chi connectivity index (χ4n) is 1.87. The van der Waals surface area contributed by atoms with Crippen molar-refractivity contribution in [2.24, 2.45) is 0 Å². The molecule has 0 amide bonds. The van der Waals surface area contributed by atoms with Crippen LogP contribution in [0.3, 0.4) is 0 Å². The lowest BCUT2D eigenvalue weighted by Gasteiger charge is -2.19. The molecule has 0 spiro atoms. The highest BCUT2D eigenvalue weighted by atomic mass is 16.5. The van der Waals surface area contributed by atoms with Gasteiger partial charge in [-0.3, -0.25) is 9.59 Å². The summed E-state index contributed by atoms with van der Waals surface area (Å²) in [7, 11) is 0. The van der Waals surface area contributed by atoms with E-state index in [0.29, 0.717) is 11.1 Å². The molecule has 0 aliphatic rings. The molecule has 0 bridgehead atoms. The molecular weight excluding hydrogens is 296 g/mol. The minimum Gasteiger partial charge on any atom is -0.481 e. The van der Waals surface area contributed by atoms with Gasteiger partial charge in [-0.1, -0.05) is 24.3 Å². The molecule has 1 rings (SSSR count). The molecule has 5 nitrogen and oxygen atoms in total. The molecule has 0 unspecified atom stereocenters. The molecular formula is C18H22O5. The normalized spacial score (nSPS) is 12.2. The van der Waals surface area contributed by atoms with Crippen LogP contribution in [0.1, 0.15) is 45.7 Å². The number of ether oxygens (including phenoxy) is 1. The average molecular weight is 318 g/mol. The molecule has 1 aromatic carbocycles. The minimum absolute atomic E-state index is 0.0380. The predicted molar refractivity (Wildman–Crippen MR) is 87.0 cm³/mol. The van der Waals surface area contributed by atoms with Gasteiger partial charge in [0.1, 0.15) is 5.57 Å². The Morgan fingerprint density at radius 2 is 1.65 bits per heavy atom. The summed E-state index contributed by atoms with van der Waals surface area (Å²) in [4.78, 5) is 34.8. The summed E-state index contributed by atoms with van der Waals surface area (Å²) in [5.41, 5.74) is 0.212. The summed E-state index contributed by atoms with van der Waals surface area (Å²) >= 11 is 0. The predicted octanol–water partition coefficient (Wildman–Crippen LogP) is 2.97. The number of carbonyl (C=O) groups excluding carboxylic acids is 2. The maximum Gasteiger partial charge on any atom is 0.342 e. The van der Waals surface area contributed by atoms with Gasteiger partial charge in [0, 0.05) is 0 Å². The van der Waals surface area contributed by atoms with E-state index in [1.54, 1.807) is 52.0 Å². The topological polar surface area (TPSA) is 80.7 Å². The Labute approximate surface area is 136 Å². The number of benzene rings is 1. The molecule has 0 heterocycles. The van der Waals surface area contributed by atoms with Crippen LogP contribution in [0.2, 0.25) is 0 Å². The maximum absolute atomic E-state index is 11.9. The van der Waals surface area contributed by atoms with E-state index in [2.05, 4.69) is 0 Å². The first-order valence-corrected chi connectivity index (χ1v) is 7.33. The van der Waals surface area contributed by atoms with Crippen LogP contribution in [0, 0.1) is 0 Å². The largest absolute Gasteiger partial charge is 0.481 e. The van der Waals surface area contributed by atoms with Crippen molar-refractivity contribution in [3.8, 4) is 0 Å². The first-order valence-electron chi connectivity index (χ1n) is 7.33. The SMILES string of the molecule is CC(=O)/C(=C/c1ccc(C(C)(C)C(=O)O)cc1)C(=O)OC(C)C. The zero-order chi connectivity index (χ0) is 17.8. The lowest BCUT2D eigenvalue weighted by molar-refractivity contribution is -0.144. The first-order chi connectivity index (χ1) is 10.6. The zero-order valence-corrected chi connectivity index (χ0v) is 14.0. The third-order valence-corrected chi connectivity index (χ3v) is 3.42. The van der Waals surface area contributed by atoms with Crippen LogP contribution in [0.5, 0.6) is 0 Å². The minimum atomic E-state index is -1.01. The van der Waals surface area contributed by atoms with Crippen molar-refractivity contribution in [3.63, 3.8) is 0 Å². The molecule has 0 saturated carbocycles. The Kier molecular flexibility index (Phi) is 5.85. The second-order valence-corrected chi connectivity index (χ2v) is 6.12. The van der Waals surface area contributed by atoms with E-state index in [1.807, 2.05) is 0 Å². The summed E-state index contributed by atoms with van der Waals surface area (Å²) in [5, 5.41) is 9.22. The molecule has 23 heavy (non-hydrogen) atoms. The number of ketones is 1. The monoisotopic (exact) mass is 318 g/mol. The number of carbonyl (C=O) groups is 3. The molecule has 0 aromatic heterocycles. The van der Waals surface area contributed by atoms with Gasteiger partial charge in [0.2, 0.25) is 0 Å². The van der Waals surface area contributed by atoms with E-state index >= 15 is 0 Å². The summed E-state index contributed by atoms with van der Waals surface area (Å²) in [6, 6.07) is 6.69. The van der Waals surface area contributed by atoms with Gasteiger partial charge in [-0.25, -0.2) is 4.79 Å². The summed E-state index contributed by atoms with van der Waals surface area (Å²) in [6.07, 6.45) is 1.13. The van der Waals surface area contributed by atoms with Crippen LogP contribution >= 0.6 is 0 Å². The summed E-state index contributed by atoms with van der Waals surface area (Å²) in [5.74, 6) is -1.97. The van der Waals surface area contributed by atoms with Gasteiger partial charge >= 0.3 is 11.9 Å². The van der Waals surface area contributed by atoms with Crippen LogP contribution in [0.4, 0.5) is 0 Å². The summed E-state index contributed by atoms with van der Waals surface area (Å²) < 4.78 is 5.05. The Morgan fingerprint density at radius 3 is 2.04 bits per heavy atom. The number of rotatable bonds is 6. The van der Waals surface area contributed by atoms with Gasteiger partial charge in [0.25, 0.3) is 0 Å². The smallest absolute Gasteiger partial charge is 0.342 e. The lowest BCUT2D eigenvalue weighted by atomic mass is 9.84. The fourth-order valence-corrected chi connectivity index (χ4v) is 1.87. The lowest BCUT2D eigenvalue weighted by Crippen LogP contribution is -2.28. The zero-order valence-electron chi connectivity index (χ0n) is 14.0. The molecule has 0 aliphatic heterocycles. The quantitative estimate of drug-likeness (QED) is 0.377. The first kappa shape index (κ1) is 18.6. The number of carboxylic acid groups (broad SMARTS) is 1. The Bertz CT molecular complexity index is 636. The van der Waals surface area contributed by atoms with Gasteiger partial charge in [0.15, 0.2) is 5.78 Å². The molecule has 0 radical (unpaired) electrons. The number of esters is 1. The van der Waals surface area contributed by atoms with E-state index < -0.39 is 17.4 Å². The van der Waals surface area contributed by atoms with Crippen molar-refractivity contribution >= 4 is 23.8 Å². The van der Waals surface area contributed by atoms with E-state index in [9.17, 15) is 19.5 Å². The molecule has 0 atom stereocenters. The van der Waals surface area contributed by atoms with E-state index in [1.165, 1.54) is 13.0 Å². The molecule has 0 saturated heterocycles. The van der Waals surface area contributed by atoms with Crippen LogP contribution in [-0.4, -0.2) is 28.9 Å². The standard InChI is InChI=1S/C18H22O5/c1-11(2)23-16(20)15(12(3)19)10-13-6-8-14(9-7-13)18(4,5)17(21)22/h6-11H,1-5H3,(H,21,22)/b15-10-. The number of Topliss-reactive ketones (excluding diaryl/α,β-unsaturated/α-hetero) is 1. The third-order valence-electron chi connectivity index (χ3n) is 3.42. The highest BCUT2D eigenvalue weighted by molar-refractivity contribution is 6.19. The number of hydrogen-bond acceptors (Lipinski definition) is 4. The van der Waals surface area contributed by atoms with Crippen molar-refractivity contribution in [1.82, 2.24) is 0 Å². The van der Waals surface area contributed by atoms with Crippen LogP contribution in [0.25, 0.3) is 6.08 Å². The number of aliphatic carboxylic acids is 1. The number of hydrogen-bond donors (Lipinski definition) is 1. The second kappa shape index (κ2) is 7.22. The summed E-state index contributed by atoms with van der Waals surface area (Å²) in [6.45, 7) is 7.94. The molecule has 1 aromatic rings. The third kappa shape index (κ3) is 4.77. The van der Waals surface area contributed by atoms with Gasteiger partial charge in [-0.2, -0.15) is 0 Å². The molecule has 5 heteroatoms. The molecule has 124 valence electrons. The van der Waals surface area contributed by atoms with Gasteiger partial charge in [0.05, 0.1) is 11.5 Å². The highest BCUT2D eigenvalue weighted by Gasteiger charge is 2.29. The highest BCUT2D eigenvalue weighted by Crippen LogP contribution is 2.24. The van der Waals surface area contributed by atoms with E-state index in [-0.39, 0.29) is 17.5 Å². The van der Waals surface area contributed by atoms with Gasteiger partial charge in [-0.05, 0) is 51.8 Å². The van der Waals surface area contributed by atoms with E-state index in [4.69, 9.17) is 4.74 Å². The average Bonchev–Trinajstić information content (AvgIpc) is 2.43. The van der Waals surface area contributed by atoms with Crippen molar-refractivity contribution in [2.75, 3.05) is 0 Å². The Morgan fingerprint density at radius 1 is 1.13 bits per heavy atom. The number of carboxylic acids is 1. The van der Waals surface area contributed by atoms with Crippen molar-refractivity contribution in [1.29, 1.82) is 0 Å². The van der Waals surface area contributed by atoms with Crippen LogP contribution in [-0.2, 0) is 24.5 Å². The van der Waals surface area contributed by atoms with Crippen molar-refractivity contribution in [3.05, 3.63) is 41.0 Å². The molecule has 1 N–H and O–H groups in total. The van der Waals surface area contributed by atoms with Crippen molar-refractivity contribution in [2.45, 2.75) is 46.1 Å². The molecule has 0 fully saturated rings. The maximum atomic E-state index is 11.9. The van der Waals surface area contributed by atoms with Gasteiger partial charge in [-0.15, -0.1) is 0 Å². The van der Waals surface area contributed by atoms with E-state index in [0.717, 1.165) is 0 Å². The fraction of sp³-hybridized carbons (Fsp3) is 0.389.